The van der Waals surface area contributed by atoms with E-state index in [-0.39, 0.29) is 30.5 Å². The second-order valence-electron chi connectivity index (χ2n) is 14.6. The highest BCUT2D eigenvalue weighted by atomic mass is 16.5. The molecule has 0 aliphatic carbocycles. The third-order valence-corrected chi connectivity index (χ3v) is 9.15. The number of allylic oxidation sites excluding steroid dienone is 16. The Morgan fingerprint density at radius 2 is 0.780 bits per heavy atom. The second-order valence-corrected chi connectivity index (χ2v) is 14.6. The van der Waals surface area contributed by atoms with Gasteiger partial charge >= 0.3 is 11.9 Å². The summed E-state index contributed by atoms with van der Waals surface area (Å²) in [7, 11) is 0. The zero-order chi connectivity index (χ0) is 42.3. The Kier molecular flexibility index (Phi) is 30.5. The highest BCUT2D eigenvalue weighted by Crippen LogP contribution is 2.26. The minimum atomic E-state index is -0.336. The summed E-state index contributed by atoms with van der Waals surface area (Å²) in [4.78, 5) is 25.6. The zero-order valence-electron chi connectivity index (χ0n) is 36.2. The number of ether oxygens (including phenoxy) is 2. The van der Waals surface area contributed by atoms with Gasteiger partial charge in [0.1, 0.15) is 17.2 Å². The summed E-state index contributed by atoms with van der Waals surface area (Å²) in [5.74, 6) is 0.165. The Morgan fingerprint density at radius 3 is 1.15 bits per heavy atom. The standard InChI is InChI=1S/C54H72O5/c1-3-5-7-9-11-13-15-17-19-21-23-25-27-29-31-33-35-37-53(56)58-51-45-49(40-39-48-41-43-50(55)44-42-48)46-52(47-51)59-54(57)38-36-34-32-30-28-26-24-22-20-18-16-14-12-10-8-6-4-2/h11-14,17-20,23-26,29-32,39-47,55H,3-10,15-16,21-22,27-28,33-38H2,1-2H3. The summed E-state index contributed by atoms with van der Waals surface area (Å²) < 4.78 is 11.4. The summed E-state index contributed by atoms with van der Waals surface area (Å²) in [5.41, 5.74) is 1.60. The summed E-state index contributed by atoms with van der Waals surface area (Å²) in [6.07, 6.45) is 57.9. The van der Waals surface area contributed by atoms with E-state index in [2.05, 4.69) is 111 Å². The van der Waals surface area contributed by atoms with Crippen molar-refractivity contribution in [3.8, 4) is 17.2 Å². The number of aromatic hydroxyl groups is 1. The highest BCUT2D eigenvalue weighted by molar-refractivity contribution is 5.76. The highest BCUT2D eigenvalue weighted by Gasteiger charge is 2.11. The molecule has 0 saturated heterocycles. The van der Waals surface area contributed by atoms with E-state index in [1.54, 1.807) is 42.5 Å². The van der Waals surface area contributed by atoms with Crippen molar-refractivity contribution in [3.05, 3.63) is 151 Å². The number of unbranched alkanes of at least 4 members (excludes halogenated alkanes) is 8. The molecule has 0 aliphatic rings. The quantitative estimate of drug-likeness (QED) is 0.0262. The topological polar surface area (TPSA) is 72.8 Å². The van der Waals surface area contributed by atoms with E-state index in [9.17, 15) is 14.7 Å². The van der Waals surface area contributed by atoms with Crippen LogP contribution < -0.4 is 9.47 Å². The normalized spacial score (nSPS) is 12.5. The van der Waals surface area contributed by atoms with E-state index in [0.717, 1.165) is 56.9 Å². The zero-order valence-corrected chi connectivity index (χ0v) is 36.2. The van der Waals surface area contributed by atoms with Gasteiger partial charge in [0.2, 0.25) is 0 Å². The molecule has 59 heavy (non-hydrogen) atoms. The van der Waals surface area contributed by atoms with Gasteiger partial charge in [0.05, 0.1) is 0 Å². The molecule has 2 rings (SSSR count). The average Bonchev–Trinajstić information content (AvgIpc) is 3.22. The molecule has 0 unspecified atom stereocenters. The lowest BCUT2D eigenvalue weighted by Crippen LogP contribution is -2.09. The molecule has 0 bridgehead atoms. The molecular formula is C54H72O5. The Labute approximate surface area is 357 Å². The largest absolute Gasteiger partial charge is 0.508 e. The first-order chi connectivity index (χ1) is 29.0. The van der Waals surface area contributed by atoms with Crippen LogP contribution in [0.4, 0.5) is 0 Å². The van der Waals surface area contributed by atoms with E-state index in [4.69, 9.17) is 9.47 Å². The second kappa shape index (κ2) is 36.0. The summed E-state index contributed by atoms with van der Waals surface area (Å²) in [5, 5.41) is 9.63. The van der Waals surface area contributed by atoms with Gasteiger partial charge in [-0.25, -0.2) is 0 Å². The number of carbonyl (C=O) groups excluding carboxylic acids is 2. The molecule has 0 aromatic heterocycles. The number of rotatable bonds is 32. The number of hydrogen-bond acceptors (Lipinski definition) is 5. The molecule has 0 saturated carbocycles. The van der Waals surface area contributed by atoms with Gasteiger partial charge < -0.3 is 14.6 Å². The van der Waals surface area contributed by atoms with Crippen LogP contribution in [0.1, 0.15) is 153 Å². The van der Waals surface area contributed by atoms with Crippen LogP contribution in [0.5, 0.6) is 17.2 Å². The summed E-state index contributed by atoms with van der Waals surface area (Å²) in [6, 6.07) is 11.9. The van der Waals surface area contributed by atoms with Crippen molar-refractivity contribution in [2.75, 3.05) is 0 Å². The fourth-order valence-corrected chi connectivity index (χ4v) is 5.80. The first-order valence-corrected chi connectivity index (χ1v) is 22.2. The van der Waals surface area contributed by atoms with Gasteiger partial charge in [-0.15, -0.1) is 0 Å². The number of esters is 2. The molecule has 0 aliphatic heterocycles. The Bertz CT molecular complexity index is 1590. The Morgan fingerprint density at radius 1 is 0.441 bits per heavy atom. The van der Waals surface area contributed by atoms with Crippen molar-refractivity contribution in [2.45, 2.75) is 142 Å². The maximum atomic E-state index is 12.8. The van der Waals surface area contributed by atoms with E-state index >= 15 is 0 Å². The molecule has 318 valence electrons. The van der Waals surface area contributed by atoms with Gasteiger partial charge in [-0.1, -0.05) is 161 Å². The van der Waals surface area contributed by atoms with Crippen molar-refractivity contribution in [1.82, 2.24) is 0 Å². The summed E-state index contributed by atoms with van der Waals surface area (Å²) >= 11 is 0. The van der Waals surface area contributed by atoms with Crippen LogP contribution in [-0.4, -0.2) is 17.0 Å². The van der Waals surface area contributed by atoms with Crippen LogP contribution in [0.25, 0.3) is 12.2 Å². The molecule has 5 heteroatoms. The SMILES string of the molecule is CCCCCC=CCC=CCC=CCC=CCCCC(=O)Oc1cc(C=Cc2ccc(O)cc2)cc(OC(=O)CCCC=CCC=CCC=CCC=CCCCCC)c1. The fourth-order valence-electron chi connectivity index (χ4n) is 5.80. The lowest BCUT2D eigenvalue weighted by Gasteiger charge is -2.09. The maximum absolute atomic E-state index is 12.8. The predicted molar refractivity (Wildman–Crippen MR) is 252 cm³/mol. The predicted octanol–water partition coefficient (Wildman–Crippen LogP) is 15.7. The first kappa shape index (κ1) is 50.0. The van der Waals surface area contributed by atoms with E-state index < -0.39 is 0 Å². The molecule has 5 nitrogen and oxygen atoms in total. The number of benzene rings is 2. The smallest absolute Gasteiger partial charge is 0.311 e. The van der Waals surface area contributed by atoms with Gasteiger partial charge in [0.25, 0.3) is 0 Å². The first-order valence-electron chi connectivity index (χ1n) is 22.2. The molecule has 0 radical (unpaired) electrons. The van der Waals surface area contributed by atoms with E-state index in [1.165, 1.54) is 51.4 Å². The minimum absolute atomic E-state index is 0.191. The molecule has 2 aromatic carbocycles. The number of phenols is 1. The molecular weight excluding hydrogens is 729 g/mol. The molecule has 0 spiro atoms. The van der Waals surface area contributed by atoms with Crippen molar-refractivity contribution in [2.24, 2.45) is 0 Å². The Hall–Kier alpha value is -5.16. The van der Waals surface area contributed by atoms with Crippen molar-refractivity contribution >= 4 is 24.1 Å². The molecule has 1 N–H and O–H groups in total. The molecule has 0 heterocycles. The van der Waals surface area contributed by atoms with Gasteiger partial charge in [-0.05, 0) is 125 Å². The van der Waals surface area contributed by atoms with Gasteiger partial charge in [-0.3, -0.25) is 9.59 Å². The molecule has 0 fully saturated rings. The lowest BCUT2D eigenvalue weighted by molar-refractivity contribution is -0.134. The maximum Gasteiger partial charge on any atom is 0.311 e. The number of carbonyl (C=O) groups is 2. The minimum Gasteiger partial charge on any atom is -0.508 e. The molecule has 0 amide bonds. The van der Waals surface area contributed by atoms with Crippen molar-refractivity contribution in [1.29, 1.82) is 0 Å². The van der Waals surface area contributed by atoms with Crippen LogP contribution in [0.3, 0.4) is 0 Å². The lowest BCUT2D eigenvalue weighted by atomic mass is 10.1. The van der Waals surface area contributed by atoms with E-state index in [0.29, 0.717) is 29.9 Å². The molecule has 2 aromatic rings. The van der Waals surface area contributed by atoms with Crippen LogP contribution in [-0.2, 0) is 9.59 Å². The van der Waals surface area contributed by atoms with Crippen LogP contribution in [0.2, 0.25) is 0 Å². The van der Waals surface area contributed by atoms with Gasteiger partial charge in [0, 0.05) is 18.9 Å². The Balaban J connectivity index is 1.77. The van der Waals surface area contributed by atoms with Crippen LogP contribution in [0, 0.1) is 0 Å². The van der Waals surface area contributed by atoms with Crippen molar-refractivity contribution in [3.63, 3.8) is 0 Å². The van der Waals surface area contributed by atoms with Crippen LogP contribution in [0.15, 0.2) is 140 Å². The third kappa shape index (κ3) is 29.7. The third-order valence-electron chi connectivity index (χ3n) is 9.15. The summed E-state index contributed by atoms with van der Waals surface area (Å²) in [6.45, 7) is 4.46. The fraction of sp³-hybridized carbons (Fsp3) is 0.407. The number of hydrogen-bond donors (Lipinski definition) is 1. The van der Waals surface area contributed by atoms with Crippen molar-refractivity contribution < 1.29 is 24.2 Å². The monoisotopic (exact) mass is 801 g/mol. The van der Waals surface area contributed by atoms with Crippen LogP contribution >= 0.6 is 0 Å². The number of phenolic OH excluding ortho intramolecular Hbond substituents is 1. The van der Waals surface area contributed by atoms with Gasteiger partial charge in [0.15, 0.2) is 0 Å². The molecule has 0 atom stereocenters. The average molecular weight is 801 g/mol. The van der Waals surface area contributed by atoms with E-state index in [1.807, 2.05) is 12.2 Å². The van der Waals surface area contributed by atoms with Gasteiger partial charge in [-0.2, -0.15) is 0 Å².